The van der Waals surface area contributed by atoms with Gasteiger partial charge in [-0.2, -0.15) is 18.3 Å². The van der Waals surface area contributed by atoms with Gasteiger partial charge >= 0.3 is 12.1 Å². The maximum atomic E-state index is 12.8. The number of nitrogens with one attached hydrogen (secondary N) is 1. The van der Waals surface area contributed by atoms with Gasteiger partial charge in [-0.15, -0.1) is 16.4 Å². The van der Waals surface area contributed by atoms with E-state index in [1.54, 1.807) is 18.3 Å². The maximum absolute atomic E-state index is 12.8. The van der Waals surface area contributed by atoms with Crippen molar-refractivity contribution in [2.45, 2.75) is 33.0 Å². The number of nitrogens with zero attached hydrogens (tertiary/aromatic N) is 5. The number of anilines is 2. The Morgan fingerprint density at radius 1 is 1.23 bits per heavy atom. The maximum Gasteiger partial charge on any atom is 0.408 e. The van der Waals surface area contributed by atoms with Gasteiger partial charge in [0.15, 0.2) is 11.6 Å². The summed E-state index contributed by atoms with van der Waals surface area (Å²) in [6, 6.07) is 8.76. The van der Waals surface area contributed by atoms with E-state index in [-0.39, 0.29) is 23.1 Å². The van der Waals surface area contributed by atoms with Crippen LogP contribution in [0.15, 0.2) is 48.1 Å². The van der Waals surface area contributed by atoms with Crippen LogP contribution in [-0.2, 0) is 17.7 Å². The lowest BCUT2D eigenvalue weighted by Crippen LogP contribution is -2.18. The lowest BCUT2D eigenvalue weighted by atomic mass is 10.1. The number of carbonyl (C=O) groups is 1. The Bertz CT molecular complexity index is 1310. The molecule has 0 unspecified atom stereocenters. The number of rotatable bonds is 8. The van der Waals surface area contributed by atoms with Crippen LogP contribution in [0.4, 0.5) is 24.8 Å². The fourth-order valence-corrected chi connectivity index (χ4v) is 4.22. The molecule has 0 spiro atoms. The number of aromatic nitrogens is 5. The molecule has 0 saturated heterocycles. The minimum atomic E-state index is -4.38. The van der Waals surface area contributed by atoms with Gasteiger partial charge < -0.3 is 10.1 Å². The van der Waals surface area contributed by atoms with Gasteiger partial charge in [0.2, 0.25) is 0 Å². The second kappa shape index (κ2) is 9.90. The third-order valence-electron chi connectivity index (χ3n) is 4.93. The predicted octanol–water partition coefficient (Wildman–Crippen LogP) is 5.48. The molecule has 35 heavy (non-hydrogen) atoms. The number of ether oxygens (including phenoxy) is 1. The molecule has 0 aliphatic carbocycles. The van der Waals surface area contributed by atoms with Crippen LogP contribution in [-0.4, -0.2) is 43.8 Å². The molecule has 12 heteroatoms. The topological polar surface area (TPSA) is 86.9 Å². The highest BCUT2D eigenvalue weighted by Crippen LogP contribution is 2.29. The molecule has 0 amide bonds. The number of esters is 1. The fraction of sp³-hybridized carbons (Fsp3) is 0.304. The lowest BCUT2D eigenvalue weighted by molar-refractivity contribution is -0.142. The number of hydrogen-bond donors (Lipinski definition) is 1. The minimum Gasteiger partial charge on any atom is -0.465 e. The molecule has 4 aromatic heterocycles. The Balaban J connectivity index is 1.68. The number of methoxy groups -OCH3 is 1. The molecule has 0 saturated carbocycles. The average Bonchev–Trinajstić information content (AvgIpc) is 3.54. The highest BCUT2D eigenvalue weighted by molar-refractivity contribution is 7.13. The fourth-order valence-electron chi connectivity index (χ4n) is 3.51. The van der Waals surface area contributed by atoms with Gasteiger partial charge in [0.05, 0.1) is 7.11 Å². The Labute approximate surface area is 203 Å². The van der Waals surface area contributed by atoms with E-state index in [0.29, 0.717) is 12.2 Å². The second-order valence-electron chi connectivity index (χ2n) is 8.23. The molecular formula is C23H23F3N6O2S. The van der Waals surface area contributed by atoms with Gasteiger partial charge in [-0.1, -0.05) is 19.9 Å². The van der Waals surface area contributed by atoms with Gasteiger partial charge in [0.1, 0.15) is 17.9 Å². The van der Waals surface area contributed by atoms with Crippen molar-refractivity contribution in [3.63, 3.8) is 0 Å². The molecule has 0 bridgehead atoms. The number of alkyl halides is 3. The SMILES string of the molecule is COC(=O)c1cc(-c2cccs2)cnc1Nc1cc(CC(C)C)n(-c2ccn(CC(F)(F)F)n2)n1. The Morgan fingerprint density at radius 2 is 2.03 bits per heavy atom. The van der Waals surface area contributed by atoms with Crippen LogP contribution in [0.3, 0.4) is 0 Å². The van der Waals surface area contributed by atoms with Crippen molar-refractivity contribution in [2.24, 2.45) is 5.92 Å². The summed E-state index contributed by atoms with van der Waals surface area (Å²) in [6.45, 7) is 2.85. The van der Waals surface area contributed by atoms with Gasteiger partial charge in [-0.05, 0) is 29.9 Å². The molecule has 4 heterocycles. The molecule has 0 aromatic carbocycles. The van der Waals surface area contributed by atoms with Crippen LogP contribution < -0.4 is 5.32 Å². The summed E-state index contributed by atoms with van der Waals surface area (Å²) in [4.78, 5) is 17.8. The lowest BCUT2D eigenvalue weighted by Gasteiger charge is -2.09. The second-order valence-corrected chi connectivity index (χ2v) is 9.18. The van der Waals surface area contributed by atoms with Crippen molar-refractivity contribution in [2.75, 3.05) is 12.4 Å². The molecule has 184 valence electrons. The van der Waals surface area contributed by atoms with Crippen LogP contribution in [0.1, 0.15) is 29.9 Å². The zero-order valence-electron chi connectivity index (χ0n) is 19.2. The first-order chi connectivity index (χ1) is 16.6. The quantitative estimate of drug-likeness (QED) is 0.320. The van der Waals surface area contributed by atoms with Gasteiger partial charge in [0, 0.05) is 40.7 Å². The third kappa shape index (κ3) is 5.88. The number of thiophene rings is 1. The molecule has 4 aromatic rings. The van der Waals surface area contributed by atoms with Crippen LogP contribution in [0.25, 0.3) is 16.3 Å². The third-order valence-corrected chi connectivity index (χ3v) is 5.85. The largest absolute Gasteiger partial charge is 0.465 e. The van der Waals surface area contributed by atoms with Gasteiger partial charge in [-0.3, -0.25) is 4.68 Å². The van der Waals surface area contributed by atoms with E-state index < -0.39 is 18.7 Å². The first-order valence-corrected chi connectivity index (χ1v) is 11.6. The van der Waals surface area contributed by atoms with Crippen molar-refractivity contribution < 1.29 is 22.7 Å². The molecule has 0 aliphatic heterocycles. The highest BCUT2D eigenvalue weighted by Gasteiger charge is 2.28. The standard InChI is InChI=1S/C23H23F3N6O2S/c1-14(2)9-16-11-19(29-32(16)20-6-7-31(30-20)13-23(24,25)26)28-21-17(22(33)34-3)10-15(12-27-21)18-5-4-8-35-18/h4-8,10-12,14H,9,13H2,1-3H3,(H,27,28,29). The molecular weight excluding hydrogens is 481 g/mol. The Kier molecular flexibility index (Phi) is 6.92. The number of hydrogen-bond acceptors (Lipinski definition) is 7. The summed E-state index contributed by atoms with van der Waals surface area (Å²) in [5.41, 5.74) is 1.74. The van der Waals surface area contributed by atoms with E-state index in [4.69, 9.17) is 4.74 Å². The normalized spacial score (nSPS) is 11.7. The monoisotopic (exact) mass is 504 g/mol. The minimum absolute atomic E-state index is 0.229. The molecule has 0 radical (unpaired) electrons. The van der Waals surface area contributed by atoms with Crippen molar-refractivity contribution >= 4 is 28.9 Å². The van der Waals surface area contributed by atoms with Crippen LogP contribution >= 0.6 is 11.3 Å². The smallest absolute Gasteiger partial charge is 0.408 e. The summed E-state index contributed by atoms with van der Waals surface area (Å²) in [6.07, 6.45) is -0.871. The Morgan fingerprint density at radius 3 is 2.69 bits per heavy atom. The predicted molar refractivity (Wildman–Crippen MR) is 126 cm³/mol. The molecule has 0 fully saturated rings. The summed E-state index contributed by atoms with van der Waals surface area (Å²) >= 11 is 1.52. The van der Waals surface area contributed by atoms with E-state index in [1.165, 1.54) is 35.4 Å². The number of pyridine rings is 1. The first kappa shape index (κ1) is 24.5. The summed E-state index contributed by atoms with van der Waals surface area (Å²) in [7, 11) is 1.29. The first-order valence-electron chi connectivity index (χ1n) is 10.7. The van der Waals surface area contributed by atoms with E-state index in [9.17, 15) is 18.0 Å². The zero-order valence-corrected chi connectivity index (χ0v) is 20.0. The highest BCUT2D eigenvalue weighted by atomic mass is 32.1. The van der Waals surface area contributed by atoms with Crippen molar-refractivity contribution in [1.29, 1.82) is 0 Å². The Hall–Kier alpha value is -3.67. The van der Waals surface area contributed by atoms with Crippen molar-refractivity contribution in [3.05, 3.63) is 59.4 Å². The summed E-state index contributed by atoms with van der Waals surface area (Å²) < 4.78 is 45.5. The van der Waals surface area contributed by atoms with E-state index in [2.05, 4.69) is 20.5 Å². The molecule has 4 rings (SSSR count). The van der Waals surface area contributed by atoms with Crippen molar-refractivity contribution in [1.82, 2.24) is 24.5 Å². The molecule has 8 nitrogen and oxygen atoms in total. The van der Waals surface area contributed by atoms with E-state index >= 15 is 0 Å². The zero-order chi connectivity index (χ0) is 25.2. The van der Waals surface area contributed by atoms with Gasteiger partial charge in [0.25, 0.3) is 0 Å². The average molecular weight is 505 g/mol. The molecule has 0 atom stereocenters. The van der Waals surface area contributed by atoms with Crippen LogP contribution in [0, 0.1) is 5.92 Å². The van der Waals surface area contributed by atoms with Crippen LogP contribution in [0.5, 0.6) is 0 Å². The number of halogens is 3. The summed E-state index contributed by atoms with van der Waals surface area (Å²) in [5.74, 6) is 0.565. The molecule has 0 aliphatic rings. The number of carbonyl (C=O) groups excluding carboxylic acids is 1. The van der Waals surface area contributed by atoms with Gasteiger partial charge in [-0.25, -0.2) is 14.5 Å². The van der Waals surface area contributed by atoms with Crippen LogP contribution in [0.2, 0.25) is 0 Å². The molecule has 1 N–H and O–H groups in total. The van der Waals surface area contributed by atoms with E-state index in [1.807, 2.05) is 31.4 Å². The van der Waals surface area contributed by atoms with Crippen molar-refractivity contribution in [3.8, 4) is 16.3 Å². The summed E-state index contributed by atoms with van der Waals surface area (Å²) in [5, 5.41) is 13.5. The van der Waals surface area contributed by atoms with E-state index in [0.717, 1.165) is 20.8 Å².